The summed E-state index contributed by atoms with van der Waals surface area (Å²) in [4.78, 5) is 5.43. The predicted molar refractivity (Wildman–Crippen MR) is 90.0 cm³/mol. The molecule has 0 saturated carbocycles. The van der Waals surface area contributed by atoms with Gasteiger partial charge in [0.2, 0.25) is 10.0 Å². The van der Waals surface area contributed by atoms with E-state index in [-0.39, 0.29) is 11.4 Å². The van der Waals surface area contributed by atoms with Crippen molar-refractivity contribution >= 4 is 33.0 Å². The molecular weight excluding hydrogens is 356 g/mol. The van der Waals surface area contributed by atoms with Crippen molar-refractivity contribution in [2.45, 2.75) is 18.4 Å². The van der Waals surface area contributed by atoms with Crippen LogP contribution >= 0.6 is 22.9 Å². The number of nitrogens with one attached hydrogen (secondary N) is 1. The van der Waals surface area contributed by atoms with Gasteiger partial charge in [0.05, 0.1) is 16.9 Å². The molecule has 0 atom stereocenters. The highest BCUT2D eigenvalue weighted by atomic mass is 35.5. The van der Waals surface area contributed by atoms with E-state index in [4.69, 9.17) is 16.0 Å². The summed E-state index contributed by atoms with van der Waals surface area (Å²) in [6, 6.07) is 9.64. The summed E-state index contributed by atoms with van der Waals surface area (Å²) in [5, 5.41) is 1.22. The third-order valence-electron chi connectivity index (χ3n) is 3.17. The summed E-state index contributed by atoms with van der Waals surface area (Å²) in [5.41, 5.74) is 0.778. The van der Waals surface area contributed by atoms with Crippen molar-refractivity contribution < 1.29 is 12.8 Å². The quantitative estimate of drug-likeness (QED) is 0.742. The summed E-state index contributed by atoms with van der Waals surface area (Å²) in [6.07, 6.45) is 1.58. The van der Waals surface area contributed by atoms with Crippen LogP contribution in [0, 0.1) is 6.92 Å². The van der Waals surface area contributed by atoms with Crippen LogP contribution in [0.2, 0.25) is 5.02 Å². The first-order valence-electron chi connectivity index (χ1n) is 6.71. The lowest BCUT2D eigenvalue weighted by Crippen LogP contribution is -2.23. The molecule has 1 aromatic carbocycles. The predicted octanol–water partition coefficient (Wildman–Crippen LogP) is 3.84. The summed E-state index contributed by atoms with van der Waals surface area (Å²) in [5.74, 6) is 0.671. The number of aryl methyl sites for hydroxylation is 1. The van der Waals surface area contributed by atoms with E-state index < -0.39 is 10.0 Å². The fraction of sp³-hybridized carbons (Fsp3) is 0.133. The van der Waals surface area contributed by atoms with Crippen molar-refractivity contribution in [3.63, 3.8) is 0 Å². The van der Waals surface area contributed by atoms with Gasteiger partial charge in [0, 0.05) is 16.4 Å². The maximum absolute atomic E-state index is 12.3. The molecule has 0 saturated heterocycles. The average molecular weight is 369 g/mol. The summed E-state index contributed by atoms with van der Waals surface area (Å²) < 4.78 is 32.4. The molecule has 0 aliphatic rings. The SMILES string of the molecule is Cc1nc(-c2ccco2)sc1CNS(=O)(=O)c1ccc(Cl)cc1. The first-order valence-corrected chi connectivity index (χ1v) is 9.39. The number of hydrogen-bond acceptors (Lipinski definition) is 5. The fourth-order valence-corrected chi connectivity index (χ4v) is 4.14. The molecule has 0 bridgehead atoms. The van der Waals surface area contributed by atoms with Crippen LogP contribution < -0.4 is 4.72 Å². The topological polar surface area (TPSA) is 72.2 Å². The molecule has 8 heteroatoms. The Kier molecular flexibility index (Phi) is 4.54. The van der Waals surface area contributed by atoms with Gasteiger partial charge in [0.25, 0.3) is 0 Å². The van der Waals surface area contributed by atoms with Gasteiger partial charge in [-0.2, -0.15) is 0 Å². The zero-order valence-electron chi connectivity index (χ0n) is 12.1. The smallest absolute Gasteiger partial charge is 0.240 e. The van der Waals surface area contributed by atoms with E-state index in [0.29, 0.717) is 10.8 Å². The number of sulfonamides is 1. The van der Waals surface area contributed by atoms with Crippen molar-refractivity contribution in [3.8, 4) is 10.8 Å². The summed E-state index contributed by atoms with van der Waals surface area (Å²) >= 11 is 7.18. The van der Waals surface area contributed by atoms with Crippen molar-refractivity contribution in [2.75, 3.05) is 0 Å². The van der Waals surface area contributed by atoms with Gasteiger partial charge < -0.3 is 4.42 Å². The molecule has 3 aromatic rings. The van der Waals surface area contributed by atoms with Crippen LogP contribution in [0.25, 0.3) is 10.8 Å². The third-order valence-corrected chi connectivity index (χ3v) is 6.01. The van der Waals surface area contributed by atoms with E-state index in [9.17, 15) is 8.42 Å². The van der Waals surface area contributed by atoms with Crippen molar-refractivity contribution in [3.05, 3.63) is 58.3 Å². The van der Waals surface area contributed by atoms with E-state index in [0.717, 1.165) is 15.6 Å². The van der Waals surface area contributed by atoms with E-state index in [1.807, 2.05) is 13.0 Å². The van der Waals surface area contributed by atoms with Gasteiger partial charge in [-0.15, -0.1) is 11.3 Å². The van der Waals surface area contributed by atoms with Gasteiger partial charge in [-0.25, -0.2) is 18.1 Å². The van der Waals surface area contributed by atoms with Gasteiger partial charge in [0.15, 0.2) is 10.8 Å². The first-order chi connectivity index (χ1) is 11.0. The lowest BCUT2D eigenvalue weighted by molar-refractivity contribution is 0.580. The van der Waals surface area contributed by atoms with E-state index in [1.54, 1.807) is 24.5 Å². The van der Waals surface area contributed by atoms with Gasteiger partial charge in [-0.05, 0) is 43.3 Å². The monoisotopic (exact) mass is 368 g/mol. The Morgan fingerprint density at radius 1 is 1.26 bits per heavy atom. The third kappa shape index (κ3) is 3.64. The van der Waals surface area contributed by atoms with E-state index >= 15 is 0 Å². The van der Waals surface area contributed by atoms with Crippen LogP contribution in [-0.4, -0.2) is 13.4 Å². The molecule has 0 spiro atoms. The molecule has 5 nitrogen and oxygen atoms in total. The molecule has 2 heterocycles. The molecule has 1 N–H and O–H groups in total. The molecular formula is C15H13ClN2O3S2. The Balaban J connectivity index is 1.76. The van der Waals surface area contributed by atoms with Crippen LogP contribution in [0.5, 0.6) is 0 Å². The molecule has 23 heavy (non-hydrogen) atoms. The minimum atomic E-state index is -3.59. The Morgan fingerprint density at radius 2 is 2.00 bits per heavy atom. The van der Waals surface area contributed by atoms with E-state index in [1.165, 1.54) is 23.5 Å². The largest absolute Gasteiger partial charge is 0.462 e. The second-order valence-corrected chi connectivity index (χ2v) is 8.07. The van der Waals surface area contributed by atoms with Crippen molar-refractivity contribution in [1.82, 2.24) is 9.71 Å². The zero-order valence-corrected chi connectivity index (χ0v) is 14.5. The Morgan fingerprint density at radius 3 is 2.65 bits per heavy atom. The van der Waals surface area contributed by atoms with Crippen LogP contribution in [-0.2, 0) is 16.6 Å². The molecule has 0 radical (unpaired) electrons. The number of halogens is 1. The Bertz CT molecular complexity index is 901. The number of nitrogens with zero attached hydrogens (tertiary/aromatic N) is 1. The Labute approximate surface area is 143 Å². The van der Waals surface area contributed by atoms with Gasteiger partial charge >= 0.3 is 0 Å². The maximum atomic E-state index is 12.3. The molecule has 3 rings (SSSR count). The van der Waals surface area contributed by atoms with Crippen LogP contribution in [0.3, 0.4) is 0 Å². The van der Waals surface area contributed by atoms with E-state index in [2.05, 4.69) is 9.71 Å². The summed E-state index contributed by atoms with van der Waals surface area (Å²) in [7, 11) is -3.59. The number of benzene rings is 1. The molecule has 120 valence electrons. The number of rotatable bonds is 5. The van der Waals surface area contributed by atoms with Crippen molar-refractivity contribution in [1.29, 1.82) is 0 Å². The first kappa shape index (κ1) is 16.2. The summed E-state index contributed by atoms with van der Waals surface area (Å²) in [6.45, 7) is 2.02. The van der Waals surface area contributed by atoms with Crippen molar-refractivity contribution in [2.24, 2.45) is 0 Å². The molecule has 0 amide bonds. The van der Waals surface area contributed by atoms with Gasteiger partial charge in [0.1, 0.15) is 0 Å². The molecule has 0 aliphatic carbocycles. The van der Waals surface area contributed by atoms with Crippen LogP contribution in [0.4, 0.5) is 0 Å². The molecule has 0 aliphatic heterocycles. The minimum Gasteiger partial charge on any atom is -0.462 e. The Hall–Kier alpha value is -1.67. The van der Waals surface area contributed by atoms with Crippen LogP contribution in [0.1, 0.15) is 10.6 Å². The fourth-order valence-electron chi connectivity index (χ4n) is 1.96. The number of aromatic nitrogens is 1. The highest BCUT2D eigenvalue weighted by Gasteiger charge is 2.16. The molecule has 2 aromatic heterocycles. The van der Waals surface area contributed by atoms with Crippen LogP contribution in [0.15, 0.2) is 52.0 Å². The minimum absolute atomic E-state index is 0.176. The molecule has 0 fully saturated rings. The normalized spacial score (nSPS) is 11.7. The van der Waals surface area contributed by atoms with Gasteiger partial charge in [-0.3, -0.25) is 0 Å². The number of thiazole rings is 1. The average Bonchev–Trinajstić information content (AvgIpc) is 3.15. The zero-order chi connectivity index (χ0) is 16.4. The lowest BCUT2D eigenvalue weighted by Gasteiger charge is -2.06. The highest BCUT2D eigenvalue weighted by Crippen LogP contribution is 2.28. The second-order valence-electron chi connectivity index (χ2n) is 4.78. The number of hydrogen-bond donors (Lipinski definition) is 1. The van der Waals surface area contributed by atoms with Gasteiger partial charge in [-0.1, -0.05) is 11.6 Å². The standard InChI is InChI=1S/C15H13ClN2O3S2/c1-10-14(22-15(18-10)13-3-2-8-21-13)9-17-23(19,20)12-6-4-11(16)5-7-12/h2-8,17H,9H2,1H3. The number of furan rings is 1. The molecule has 0 unspecified atom stereocenters. The maximum Gasteiger partial charge on any atom is 0.240 e. The second kappa shape index (κ2) is 6.45. The lowest BCUT2D eigenvalue weighted by atomic mass is 10.4. The highest BCUT2D eigenvalue weighted by molar-refractivity contribution is 7.89.